The third-order valence-corrected chi connectivity index (χ3v) is 3.70. The number of nitriles is 1. The molecule has 1 aromatic carbocycles. The van der Waals surface area contributed by atoms with Crippen molar-refractivity contribution in [3.8, 4) is 6.07 Å². The van der Waals surface area contributed by atoms with Crippen molar-refractivity contribution in [2.75, 3.05) is 6.54 Å². The number of pyridine rings is 1. The van der Waals surface area contributed by atoms with Crippen LogP contribution in [0.1, 0.15) is 43.0 Å². The molecule has 0 saturated heterocycles. The van der Waals surface area contributed by atoms with Crippen molar-refractivity contribution in [3.05, 3.63) is 65.5 Å². The number of rotatable bonds is 7. The van der Waals surface area contributed by atoms with Crippen molar-refractivity contribution in [2.45, 2.75) is 39.3 Å². The van der Waals surface area contributed by atoms with Crippen LogP contribution in [-0.4, -0.2) is 16.4 Å². The summed E-state index contributed by atoms with van der Waals surface area (Å²) in [6, 6.07) is 17.0. The van der Waals surface area contributed by atoms with E-state index in [0.717, 1.165) is 25.3 Å². The van der Waals surface area contributed by atoms with Gasteiger partial charge in [-0.25, -0.2) is 0 Å². The Kier molecular flexibility index (Phi) is 6.12. The summed E-state index contributed by atoms with van der Waals surface area (Å²) in [7, 11) is 0. The number of hydrogen-bond acceptors (Lipinski definition) is 3. The summed E-state index contributed by atoms with van der Waals surface area (Å²) in [4.78, 5) is 6.65. The van der Waals surface area contributed by atoms with Crippen molar-refractivity contribution >= 4 is 0 Å². The zero-order chi connectivity index (χ0) is 15.8. The lowest BCUT2D eigenvalue weighted by Gasteiger charge is -2.21. The molecule has 0 unspecified atom stereocenters. The lowest BCUT2D eigenvalue weighted by molar-refractivity contribution is 0.260. The van der Waals surface area contributed by atoms with Crippen LogP contribution < -0.4 is 0 Å². The zero-order valence-electron chi connectivity index (χ0n) is 13.4. The largest absolute Gasteiger partial charge is 0.292 e. The van der Waals surface area contributed by atoms with Gasteiger partial charge in [0.05, 0.1) is 11.8 Å². The Labute approximate surface area is 133 Å². The van der Waals surface area contributed by atoms with Crippen molar-refractivity contribution < 1.29 is 0 Å². The molecule has 0 spiro atoms. The first-order valence-electron chi connectivity index (χ1n) is 7.77. The molecular weight excluding hydrogens is 270 g/mol. The summed E-state index contributed by atoms with van der Waals surface area (Å²) in [5.74, 6) is 0.553. The van der Waals surface area contributed by atoms with Gasteiger partial charge in [0.2, 0.25) is 0 Å². The number of hydrogen-bond donors (Lipinski definition) is 0. The van der Waals surface area contributed by atoms with E-state index in [0.29, 0.717) is 12.3 Å². The van der Waals surface area contributed by atoms with Crippen molar-refractivity contribution in [2.24, 2.45) is 0 Å². The third-order valence-electron chi connectivity index (χ3n) is 3.70. The highest BCUT2D eigenvalue weighted by molar-refractivity contribution is 5.24. The fourth-order valence-corrected chi connectivity index (χ4v) is 2.41. The van der Waals surface area contributed by atoms with Gasteiger partial charge < -0.3 is 0 Å². The van der Waals surface area contributed by atoms with Crippen LogP contribution in [0.2, 0.25) is 0 Å². The second kappa shape index (κ2) is 8.31. The minimum atomic E-state index is 0.539. The maximum atomic E-state index is 8.85. The molecule has 0 radical (unpaired) electrons. The Morgan fingerprint density at radius 2 is 1.86 bits per heavy atom. The minimum Gasteiger partial charge on any atom is -0.292 e. The minimum absolute atomic E-state index is 0.539. The van der Waals surface area contributed by atoms with Crippen LogP contribution >= 0.6 is 0 Å². The van der Waals surface area contributed by atoms with Gasteiger partial charge in [-0.2, -0.15) is 5.26 Å². The molecule has 22 heavy (non-hydrogen) atoms. The van der Waals surface area contributed by atoms with Crippen molar-refractivity contribution in [3.63, 3.8) is 0 Å². The predicted molar refractivity (Wildman–Crippen MR) is 89.1 cm³/mol. The highest BCUT2D eigenvalue weighted by Crippen LogP contribution is 2.16. The predicted octanol–water partition coefficient (Wildman–Crippen LogP) is 4.12. The van der Waals surface area contributed by atoms with Crippen LogP contribution in [0.15, 0.2) is 48.7 Å². The Morgan fingerprint density at radius 1 is 1.09 bits per heavy atom. The summed E-state index contributed by atoms with van der Waals surface area (Å²) in [6.45, 7) is 6.79. The van der Waals surface area contributed by atoms with Gasteiger partial charge in [-0.15, -0.1) is 0 Å². The monoisotopic (exact) mass is 293 g/mol. The highest BCUT2D eigenvalue weighted by Gasteiger charge is 2.08. The molecule has 0 bridgehead atoms. The Hall–Kier alpha value is -2.18. The topological polar surface area (TPSA) is 39.9 Å². The lowest BCUT2D eigenvalue weighted by Crippen LogP contribution is -2.24. The maximum absolute atomic E-state index is 8.85. The van der Waals surface area contributed by atoms with E-state index in [2.05, 4.69) is 54.1 Å². The second-order valence-electron chi connectivity index (χ2n) is 5.84. The molecule has 0 aliphatic carbocycles. The first kappa shape index (κ1) is 16.2. The smallest absolute Gasteiger partial charge is 0.0635 e. The molecular formula is C19H23N3. The quantitative estimate of drug-likeness (QED) is 0.771. The molecule has 0 saturated carbocycles. The van der Waals surface area contributed by atoms with Gasteiger partial charge in [-0.3, -0.25) is 9.88 Å². The van der Waals surface area contributed by atoms with E-state index < -0.39 is 0 Å². The summed E-state index contributed by atoms with van der Waals surface area (Å²) >= 11 is 0. The summed E-state index contributed by atoms with van der Waals surface area (Å²) in [5.41, 5.74) is 3.68. The van der Waals surface area contributed by atoms with Gasteiger partial charge in [-0.05, 0) is 29.2 Å². The molecule has 0 amide bonds. The zero-order valence-corrected chi connectivity index (χ0v) is 13.4. The third kappa shape index (κ3) is 4.98. The molecule has 1 heterocycles. The standard InChI is InChI=1S/C19H23N3/c1-16(2)18-9-7-17(8-10-18)14-22(13-5-11-20)15-19-6-3-4-12-21-19/h3-4,6-10,12,16H,5,13-15H2,1-2H3. The van der Waals surface area contributed by atoms with Gasteiger partial charge in [0.15, 0.2) is 0 Å². The molecule has 3 nitrogen and oxygen atoms in total. The lowest BCUT2D eigenvalue weighted by atomic mass is 10.0. The van der Waals surface area contributed by atoms with Crippen molar-refractivity contribution in [1.82, 2.24) is 9.88 Å². The van der Waals surface area contributed by atoms with Crippen molar-refractivity contribution in [1.29, 1.82) is 5.26 Å². The van der Waals surface area contributed by atoms with Gasteiger partial charge in [-0.1, -0.05) is 44.2 Å². The van der Waals surface area contributed by atoms with Gasteiger partial charge in [0.25, 0.3) is 0 Å². The van der Waals surface area contributed by atoms with Gasteiger partial charge in [0.1, 0.15) is 0 Å². The van der Waals surface area contributed by atoms with Gasteiger partial charge in [0, 0.05) is 32.3 Å². The average molecular weight is 293 g/mol. The van der Waals surface area contributed by atoms with Crippen LogP contribution in [0.5, 0.6) is 0 Å². The van der Waals surface area contributed by atoms with Crippen LogP contribution in [0, 0.1) is 11.3 Å². The molecule has 2 rings (SSSR count). The Bertz CT molecular complexity index is 597. The van der Waals surface area contributed by atoms with Crippen LogP contribution in [-0.2, 0) is 13.1 Å². The molecule has 2 aromatic rings. The summed E-state index contributed by atoms with van der Waals surface area (Å²) in [6.07, 6.45) is 2.35. The highest BCUT2D eigenvalue weighted by atomic mass is 15.1. The number of nitrogens with zero attached hydrogens (tertiary/aromatic N) is 3. The van der Waals surface area contributed by atoms with E-state index in [1.54, 1.807) is 0 Å². The second-order valence-corrected chi connectivity index (χ2v) is 5.84. The maximum Gasteiger partial charge on any atom is 0.0635 e. The first-order valence-corrected chi connectivity index (χ1v) is 7.77. The number of aromatic nitrogens is 1. The summed E-state index contributed by atoms with van der Waals surface area (Å²) in [5, 5.41) is 8.85. The van der Waals surface area contributed by atoms with Crippen LogP contribution in [0.3, 0.4) is 0 Å². The normalized spacial score (nSPS) is 10.9. The first-order chi connectivity index (χ1) is 10.7. The van der Waals surface area contributed by atoms with E-state index >= 15 is 0 Å². The van der Waals surface area contributed by atoms with E-state index in [4.69, 9.17) is 5.26 Å². The van der Waals surface area contributed by atoms with E-state index in [-0.39, 0.29) is 0 Å². The molecule has 114 valence electrons. The van der Waals surface area contributed by atoms with Gasteiger partial charge >= 0.3 is 0 Å². The summed E-state index contributed by atoms with van der Waals surface area (Å²) < 4.78 is 0. The fourth-order valence-electron chi connectivity index (χ4n) is 2.41. The molecule has 0 aliphatic rings. The Morgan fingerprint density at radius 3 is 2.45 bits per heavy atom. The molecule has 0 fully saturated rings. The Balaban J connectivity index is 2.04. The van der Waals surface area contributed by atoms with E-state index in [1.165, 1.54) is 11.1 Å². The molecule has 0 aliphatic heterocycles. The fraction of sp³-hybridized carbons (Fsp3) is 0.368. The molecule has 1 aromatic heterocycles. The molecule has 0 N–H and O–H groups in total. The molecule has 0 atom stereocenters. The van der Waals surface area contributed by atoms with Crippen LogP contribution in [0.25, 0.3) is 0 Å². The van der Waals surface area contributed by atoms with Crippen LogP contribution in [0.4, 0.5) is 0 Å². The van der Waals surface area contributed by atoms with E-state index in [1.807, 2.05) is 24.4 Å². The SMILES string of the molecule is CC(C)c1ccc(CN(CCC#N)Cc2ccccn2)cc1. The number of benzene rings is 1. The average Bonchev–Trinajstić information content (AvgIpc) is 2.54. The molecule has 3 heteroatoms. The van der Waals surface area contributed by atoms with E-state index in [9.17, 15) is 0 Å².